The van der Waals surface area contributed by atoms with Crippen molar-refractivity contribution in [1.82, 2.24) is 0 Å². The van der Waals surface area contributed by atoms with E-state index in [-0.39, 0.29) is 5.41 Å². The van der Waals surface area contributed by atoms with Crippen LogP contribution in [0.3, 0.4) is 0 Å². The van der Waals surface area contributed by atoms with E-state index in [9.17, 15) is 4.79 Å². The second kappa shape index (κ2) is 10.5. The van der Waals surface area contributed by atoms with E-state index >= 15 is 0 Å². The molecule has 2 aliphatic carbocycles. The van der Waals surface area contributed by atoms with Crippen LogP contribution in [0.4, 0.5) is 0 Å². The average molecular weight is 359 g/mol. The molecule has 148 valence electrons. The predicted molar refractivity (Wildman–Crippen MR) is 113 cm³/mol. The minimum Gasteiger partial charge on any atom is -0.295 e. The third-order valence-corrected chi connectivity index (χ3v) is 6.92. The van der Waals surface area contributed by atoms with Crippen LogP contribution in [0.1, 0.15) is 98.3 Å². The van der Waals surface area contributed by atoms with Gasteiger partial charge in [-0.25, -0.2) is 0 Å². The number of unbranched alkanes of at least 4 members (excludes halogenated alkanes) is 2. The largest absolute Gasteiger partial charge is 0.295 e. The van der Waals surface area contributed by atoms with Crippen molar-refractivity contribution >= 4 is 5.78 Å². The zero-order valence-electron chi connectivity index (χ0n) is 17.8. The van der Waals surface area contributed by atoms with Crippen molar-refractivity contribution in [1.29, 1.82) is 0 Å². The highest BCUT2D eigenvalue weighted by Gasteiger charge is 2.32. The molecule has 0 bridgehead atoms. The van der Waals surface area contributed by atoms with Gasteiger partial charge in [-0.05, 0) is 73.7 Å². The lowest BCUT2D eigenvalue weighted by atomic mass is 9.68. The molecule has 2 rings (SSSR count). The van der Waals surface area contributed by atoms with Gasteiger partial charge in [-0.3, -0.25) is 4.79 Å². The smallest absolute Gasteiger partial charge is 0.156 e. The van der Waals surface area contributed by atoms with Crippen molar-refractivity contribution in [2.24, 2.45) is 29.1 Å². The number of carbonyl (C=O) groups is 1. The molecule has 0 radical (unpaired) electrons. The van der Waals surface area contributed by atoms with E-state index in [0.29, 0.717) is 11.7 Å². The molecule has 1 fully saturated rings. The summed E-state index contributed by atoms with van der Waals surface area (Å²) >= 11 is 0. The SMILES string of the molecule is CCCCC[C@]1(/C=C/[C@@H]2C[C@H](C)CC[C@H]2C(C)C)CCC/C=C\C(=O)C1. The number of rotatable bonds is 7. The predicted octanol–water partition coefficient (Wildman–Crippen LogP) is 7.52. The molecule has 2 aliphatic rings. The minimum atomic E-state index is 0.110. The average Bonchev–Trinajstić information content (AvgIpc) is 2.58. The maximum absolute atomic E-state index is 12.4. The van der Waals surface area contributed by atoms with Gasteiger partial charge in [0, 0.05) is 6.42 Å². The first-order valence-electron chi connectivity index (χ1n) is 11.3. The molecular formula is C25H42O. The summed E-state index contributed by atoms with van der Waals surface area (Å²) in [5, 5.41) is 0. The molecule has 0 heterocycles. The molecule has 26 heavy (non-hydrogen) atoms. The van der Waals surface area contributed by atoms with E-state index < -0.39 is 0 Å². The molecule has 1 nitrogen and oxygen atoms in total. The minimum absolute atomic E-state index is 0.110. The van der Waals surface area contributed by atoms with Crippen LogP contribution < -0.4 is 0 Å². The van der Waals surface area contributed by atoms with Crippen LogP contribution in [0, 0.1) is 29.1 Å². The Hall–Kier alpha value is -0.850. The summed E-state index contributed by atoms with van der Waals surface area (Å²) in [5.74, 6) is 3.47. The fraction of sp³-hybridized carbons (Fsp3) is 0.800. The molecule has 0 aromatic heterocycles. The maximum atomic E-state index is 12.4. The lowest BCUT2D eigenvalue weighted by Gasteiger charge is -2.37. The third kappa shape index (κ3) is 6.39. The van der Waals surface area contributed by atoms with Gasteiger partial charge in [0.15, 0.2) is 5.78 Å². The first-order chi connectivity index (χ1) is 12.5. The molecule has 0 aromatic rings. The van der Waals surface area contributed by atoms with E-state index in [1.54, 1.807) is 0 Å². The highest BCUT2D eigenvalue weighted by atomic mass is 16.1. The molecule has 0 amide bonds. The van der Waals surface area contributed by atoms with Gasteiger partial charge in [0.05, 0.1) is 0 Å². The maximum Gasteiger partial charge on any atom is 0.156 e. The van der Waals surface area contributed by atoms with Crippen molar-refractivity contribution in [3.63, 3.8) is 0 Å². The summed E-state index contributed by atoms with van der Waals surface area (Å²) in [6.07, 6.45) is 22.3. The standard InChI is InChI=1S/C25H42O/c1-5-6-9-15-25(16-10-7-8-11-23(26)19-25)17-14-22-18-21(4)12-13-24(22)20(2)3/h8,11,14,17,20-22,24H,5-7,9-10,12-13,15-16,18-19H2,1-4H3/b11-8-,17-14+/t21-,22-,24+,25-/m1/s1. The van der Waals surface area contributed by atoms with Gasteiger partial charge in [-0.2, -0.15) is 0 Å². The molecule has 1 heteroatoms. The summed E-state index contributed by atoms with van der Waals surface area (Å²) in [5.41, 5.74) is 0.110. The van der Waals surface area contributed by atoms with Gasteiger partial charge in [0.25, 0.3) is 0 Å². The summed E-state index contributed by atoms with van der Waals surface area (Å²) in [4.78, 5) is 12.4. The lowest BCUT2D eigenvalue weighted by Crippen LogP contribution is -2.28. The van der Waals surface area contributed by atoms with E-state index in [1.165, 1.54) is 57.8 Å². The van der Waals surface area contributed by atoms with Crippen LogP contribution >= 0.6 is 0 Å². The molecule has 0 aromatic carbocycles. The number of hydrogen-bond acceptors (Lipinski definition) is 1. The zero-order chi connectivity index (χ0) is 19.0. The highest BCUT2D eigenvalue weighted by Crippen LogP contribution is 2.42. The summed E-state index contributed by atoms with van der Waals surface area (Å²) in [6, 6.07) is 0. The Kier molecular flexibility index (Phi) is 8.64. The monoisotopic (exact) mass is 358 g/mol. The van der Waals surface area contributed by atoms with E-state index in [0.717, 1.165) is 30.6 Å². The van der Waals surface area contributed by atoms with Crippen LogP contribution in [0.15, 0.2) is 24.3 Å². The van der Waals surface area contributed by atoms with Crippen LogP contribution in [0.25, 0.3) is 0 Å². The van der Waals surface area contributed by atoms with E-state index in [1.807, 2.05) is 6.08 Å². The Balaban J connectivity index is 2.18. The van der Waals surface area contributed by atoms with Gasteiger partial charge < -0.3 is 0 Å². The number of carbonyl (C=O) groups excluding carboxylic acids is 1. The van der Waals surface area contributed by atoms with Crippen LogP contribution in [0.2, 0.25) is 0 Å². The topological polar surface area (TPSA) is 17.1 Å². The van der Waals surface area contributed by atoms with E-state index in [2.05, 4.69) is 45.9 Å². The first-order valence-corrected chi connectivity index (χ1v) is 11.3. The molecule has 0 aliphatic heterocycles. The van der Waals surface area contributed by atoms with E-state index in [4.69, 9.17) is 0 Å². The van der Waals surface area contributed by atoms with Crippen LogP contribution in [0.5, 0.6) is 0 Å². The van der Waals surface area contributed by atoms with Crippen molar-refractivity contribution in [2.45, 2.75) is 98.3 Å². The number of ketones is 1. The Morgan fingerprint density at radius 2 is 2.08 bits per heavy atom. The zero-order valence-corrected chi connectivity index (χ0v) is 17.8. The number of hydrogen-bond donors (Lipinski definition) is 0. The van der Waals surface area contributed by atoms with Gasteiger partial charge in [0.1, 0.15) is 0 Å². The first kappa shape index (κ1) is 21.5. The van der Waals surface area contributed by atoms with Gasteiger partial charge in [-0.1, -0.05) is 71.6 Å². The van der Waals surface area contributed by atoms with Gasteiger partial charge in [-0.15, -0.1) is 0 Å². The summed E-state index contributed by atoms with van der Waals surface area (Å²) < 4.78 is 0. The van der Waals surface area contributed by atoms with Gasteiger partial charge >= 0.3 is 0 Å². The van der Waals surface area contributed by atoms with Crippen LogP contribution in [-0.4, -0.2) is 5.78 Å². The summed E-state index contributed by atoms with van der Waals surface area (Å²) in [7, 11) is 0. The fourth-order valence-corrected chi connectivity index (χ4v) is 5.27. The molecule has 0 spiro atoms. The molecule has 0 saturated heterocycles. The quantitative estimate of drug-likeness (QED) is 0.340. The molecule has 0 N–H and O–H groups in total. The lowest BCUT2D eigenvalue weighted by molar-refractivity contribution is -0.116. The van der Waals surface area contributed by atoms with Crippen molar-refractivity contribution in [3.8, 4) is 0 Å². The Morgan fingerprint density at radius 1 is 1.27 bits per heavy atom. The van der Waals surface area contributed by atoms with Crippen molar-refractivity contribution in [2.75, 3.05) is 0 Å². The van der Waals surface area contributed by atoms with Crippen molar-refractivity contribution in [3.05, 3.63) is 24.3 Å². The third-order valence-electron chi connectivity index (χ3n) is 6.92. The second-order valence-corrected chi connectivity index (χ2v) is 9.61. The fourth-order valence-electron chi connectivity index (χ4n) is 5.27. The highest BCUT2D eigenvalue weighted by molar-refractivity contribution is 5.90. The normalized spacial score (nSPS) is 34.8. The number of allylic oxidation sites excluding steroid dienone is 4. The van der Waals surface area contributed by atoms with Crippen LogP contribution in [-0.2, 0) is 4.79 Å². The van der Waals surface area contributed by atoms with Crippen molar-refractivity contribution < 1.29 is 4.79 Å². The molecule has 1 saturated carbocycles. The van der Waals surface area contributed by atoms with Gasteiger partial charge in [0.2, 0.25) is 0 Å². The Bertz CT molecular complexity index is 486. The Morgan fingerprint density at radius 3 is 2.81 bits per heavy atom. The summed E-state index contributed by atoms with van der Waals surface area (Å²) in [6.45, 7) is 9.47. The molecule has 4 atom stereocenters. The molecular weight excluding hydrogens is 316 g/mol. The Labute approximate surface area is 162 Å². The second-order valence-electron chi connectivity index (χ2n) is 9.61. The molecule has 0 unspecified atom stereocenters.